The molecule has 0 aliphatic heterocycles. The quantitative estimate of drug-likeness (QED) is 0.789. The Morgan fingerprint density at radius 1 is 1.15 bits per heavy atom. The van der Waals surface area contributed by atoms with Gasteiger partial charge in [0, 0.05) is 16.7 Å². The molecule has 20 heavy (non-hydrogen) atoms. The van der Waals surface area contributed by atoms with E-state index >= 15 is 0 Å². The molecule has 0 spiro atoms. The summed E-state index contributed by atoms with van der Waals surface area (Å²) in [6, 6.07) is 12.7. The van der Waals surface area contributed by atoms with Gasteiger partial charge in [0.25, 0.3) is 0 Å². The van der Waals surface area contributed by atoms with Gasteiger partial charge in [-0.25, -0.2) is 0 Å². The number of hydrogen-bond acceptors (Lipinski definition) is 1. The minimum absolute atomic E-state index is 0.163. The van der Waals surface area contributed by atoms with Crippen molar-refractivity contribution in [2.24, 2.45) is 5.73 Å². The molecule has 1 heteroatoms. The largest absolute Gasteiger partial charge is 0.398 e. The predicted molar refractivity (Wildman–Crippen MR) is 87.4 cm³/mol. The van der Waals surface area contributed by atoms with Crippen LogP contribution in [-0.2, 0) is 5.41 Å². The van der Waals surface area contributed by atoms with Crippen molar-refractivity contribution in [2.45, 2.75) is 19.3 Å². The Bertz CT molecular complexity index is 770. The van der Waals surface area contributed by atoms with Crippen LogP contribution in [0.1, 0.15) is 25.0 Å². The number of rotatable bonds is 2. The van der Waals surface area contributed by atoms with E-state index in [1.807, 2.05) is 0 Å². The van der Waals surface area contributed by atoms with Crippen LogP contribution in [0, 0.1) is 0 Å². The Balaban J connectivity index is 2.50. The highest BCUT2D eigenvalue weighted by Crippen LogP contribution is 2.47. The van der Waals surface area contributed by atoms with Gasteiger partial charge in [-0.05, 0) is 27.5 Å². The lowest BCUT2D eigenvalue weighted by Crippen LogP contribution is -2.28. The number of allylic oxidation sites excluding steroid dienone is 3. The summed E-state index contributed by atoms with van der Waals surface area (Å²) < 4.78 is 0. The van der Waals surface area contributed by atoms with E-state index in [1.54, 1.807) is 6.08 Å². The van der Waals surface area contributed by atoms with Crippen molar-refractivity contribution in [1.29, 1.82) is 0 Å². The summed E-state index contributed by atoms with van der Waals surface area (Å²) in [5.41, 5.74) is 11.5. The summed E-state index contributed by atoms with van der Waals surface area (Å²) >= 11 is 0. The van der Waals surface area contributed by atoms with Crippen molar-refractivity contribution in [2.75, 3.05) is 0 Å². The number of benzene rings is 2. The smallest absolute Gasteiger partial charge is 0.0441 e. The molecule has 0 bridgehead atoms. The lowest BCUT2D eigenvalue weighted by molar-refractivity contribution is 0.637. The van der Waals surface area contributed by atoms with Crippen LogP contribution in [0.3, 0.4) is 0 Å². The highest BCUT2D eigenvalue weighted by molar-refractivity contribution is 6.01. The van der Waals surface area contributed by atoms with Gasteiger partial charge in [0.2, 0.25) is 0 Å². The van der Waals surface area contributed by atoms with Crippen LogP contribution < -0.4 is 5.73 Å². The molecule has 0 amide bonds. The van der Waals surface area contributed by atoms with Gasteiger partial charge in [0.15, 0.2) is 0 Å². The Hall–Kier alpha value is -2.28. The van der Waals surface area contributed by atoms with Gasteiger partial charge >= 0.3 is 0 Å². The van der Waals surface area contributed by atoms with Gasteiger partial charge in [-0.15, -0.1) is 0 Å². The molecule has 0 radical (unpaired) electrons. The van der Waals surface area contributed by atoms with E-state index in [1.165, 1.54) is 16.3 Å². The fraction of sp³-hybridized carbons (Fsp3) is 0.158. The van der Waals surface area contributed by atoms with Crippen LogP contribution in [0.2, 0.25) is 0 Å². The van der Waals surface area contributed by atoms with Gasteiger partial charge in [0.1, 0.15) is 0 Å². The first kappa shape index (κ1) is 12.7. The molecule has 0 heterocycles. The van der Waals surface area contributed by atoms with Crippen LogP contribution in [-0.4, -0.2) is 0 Å². The zero-order valence-electron chi connectivity index (χ0n) is 12.0. The molecule has 3 rings (SSSR count). The molecular weight excluding hydrogens is 242 g/mol. The first-order valence-electron chi connectivity index (χ1n) is 6.83. The average Bonchev–Trinajstić information content (AvgIpc) is 2.44. The fourth-order valence-corrected chi connectivity index (χ4v) is 3.37. The van der Waals surface area contributed by atoms with E-state index in [0.717, 1.165) is 22.4 Å². The first-order valence-corrected chi connectivity index (χ1v) is 6.83. The van der Waals surface area contributed by atoms with Crippen LogP contribution in [0.15, 0.2) is 66.8 Å². The monoisotopic (exact) mass is 261 g/mol. The highest BCUT2D eigenvalue weighted by Gasteiger charge is 2.35. The molecule has 2 N–H and O–H groups in total. The molecule has 1 aliphatic carbocycles. The fourth-order valence-electron chi connectivity index (χ4n) is 3.37. The normalized spacial score (nSPS) is 16.3. The van der Waals surface area contributed by atoms with Gasteiger partial charge in [0.05, 0.1) is 0 Å². The summed E-state index contributed by atoms with van der Waals surface area (Å²) in [5, 5.41) is 2.50. The summed E-state index contributed by atoms with van der Waals surface area (Å²) in [5.74, 6) is 0. The average molecular weight is 261 g/mol. The lowest BCUT2D eigenvalue weighted by atomic mass is 9.68. The Morgan fingerprint density at radius 3 is 2.45 bits per heavy atom. The van der Waals surface area contributed by atoms with E-state index in [-0.39, 0.29) is 5.41 Å². The Kier molecular flexibility index (Phi) is 2.62. The van der Waals surface area contributed by atoms with Crippen molar-refractivity contribution in [1.82, 2.24) is 0 Å². The summed E-state index contributed by atoms with van der Waals surface area (Å²) in [6.07, 6.45) is 1.79. The van der Waals surface area contributed by atoms with E-state index in [0.29, 0.717) is 0 Å². The van der Waals surface area contributed by atoms with Crippen LogP contribution in [0.25, 0.3) is 16.5 Å². The van der Waals surface area contributed by atoms with Gasteiger partial charge in [-0.2, -0.15) is 0 Å². The Labute approximate surface area is 120 Å². The summed E-state index contributed by atoms with van der Waals surface area (Å²) in [6.45, 7) is 12.4. The minimum Gasteiger partial charge on any atom is -0.398 e. The zero-order chi connectivity index (χ0) is 14.5. The topological polar surface area (TPSA) is 26.0 Å². The molecule has 0 saturated carbocycles. The van der Waals surface area contributed by atoms with Crippen molar-refractivity contribution in [3.05, 3.63) is 77.9 Å². The molecule has 1 nitrogen and oxygen atoms in total. The van der Waals surface area contributed by atoms with Crippen molar-refractivity contribution in [3.63, 3.8) is 0 Å². The van der Waals surface area contributed by atoms with Crippen LogP contribution in [0.5, 0.6) is 0 Å². The number of hydrogen-bond donors (Lipinski definition) is 1. The third kappa shape index (κ3) is 1.50. The summed E-state index contributed by atoms with van der Waals surface area (Å²) in [7, 11) is 0. The van der Waals surface area contributed by atoms with E-state index in [2.05, 4.69) is 63.4 Å². The number of nitrogens with two attached hydrogens (primary N) is 1. The third-order valence-corrected chi connectivity index (χ3v) is 4.33. The third-order valence-electron chi connectivity index (χ3n) is 4.33. The molecule has 0 atom stereocenters. The van der Waals surface area contributed by atoms with Gasteiger partial charge in [-0.1, -0.05) is 69.5 Å². The standard InChI is InChI=1S/C19H19N/c1-5-12(2)17-18(20)14-10-6-8-13-9-7-11-15(16(13)14)19(17,3)4/h5-11H,1-2,20H2,3-4H3. The van der Waals surface area contributed by atoms with Crippen molar-refractivity contribution in [3.8, 4) is 0 Å². The second kappa shape index (κ2) is 4.11. The molecule has 100 valence electrons. The molecule has 0 aromatic heterocycles. The highest BCUT2D eigenvalue weighted by atomic mass is 14.6. The minimum atomic E-state index is -0.163. The van der Waals surface area contributed by atoms with E-state index in [9.17, 15) is 0 Å². The second-order valence-electron chi connectivity index (χ2n) is 5.85. The maximum absolute atomic E-state index is 6.47. The molecular formula is C19H19N. The van der Waals surface area contributed by atoms with Gasteiger partial charge < -0.3 is 5.73 Å². The lowest BCUT2D eigenvalue weighted by Gasteiger charge is -2.36. The molecule has 0 unspecified atom stereocenters. The van der Waals surface area contributed by atoms with E-state index < -0.39 is 0 Å². The molecule has 2 aromatic rings. The molecule has 1 aliphatic rings. The van der Waals surface area contributed by atoms with Crippen LogP contribution >= 0.6 is 0 Å². The first-order chi connectivity index (χ1) is 9.48. The Morgan fingerprint density at radius 2 is 1.80 bits per heavy atom. The zero-order valence-corrected chi connectivity index (χ0v) is 12.0. The molecule has 2 aromatic carbocycles. The van der Waals surface area contributed by atoms with Crippen molar-refractivity contribution < 1.29 is 0 Å². The van der Waals surface area contributed by atoms with Crippen molar-refractivity contribution >= 4 is 16.5 Å². The SMILES string of the molecule is C=CC(=C)C1=C(N)c2cccc3cccc(c23)C1(C)C. The molecule has 0 saturated heterocycles. The van der Waals surface area contributed by atoms with Crippen LogP contribution in [0.4, 0.5) is 0 Å². The predicted octanol–water partition coefficient (Wildman–Crippen LogP) is 4.54. The maximum Gasteiger partial charge on any atom is 0.0441 e. The molecule has 0 fully saturated rings. The second-order valence-corrected chi connectivity index (χ2v) is 5.85. The summed E-state index contributed by atoms with van der Waals surface area (Å²) in [4.78, 5) is 0. The van der Waals surface area contributed by atoms with E-state index in [4.69, 9.17) is 5.73 Å². The maximum atomic E-state index is 6.47. The van der Waals surface area contributed by atoms with Gasteiger partial charge in [-0.3, -0.25) is 0 Å².